The third kappa shape index (κ3) is 3.30. The molecule has 1 aromatic rings. The molecule has 0 aromatic heterocycles. The Morgan fingerprint density at radius 1 is 1.33 bits per heavy atom. The lowest BCUT2D eigenvalue weighted by molar-refractivity contribution is -0.117. The van der Waals surface area contributed by atoms with E-state index in [0.717, 1.165) is 5.56 Å². The first-order valence-electron chi connectivity index (χ1n) is 5.66. The molecule has 0 saturated carbocycles. The van der Waals surface area contributed by atoms with Gasteiger partial charge in [-0.3, -0.25) is 4.79 Å². The molecule has 0 aliphatic heterocycles. The van der Waals surface area contributed by atoms with Crippen LogP contribution in [-0.2, 0) is 9.53 Å². The Morgan fingerprint density at radius 2 is 2.00 bits per heavy atom. The van der Waals surface area contributed by atoms with E-state index >= 15 is 0 Å². The lowest BCUT2D eigenvalue weighted by Crippen LogP contribution is -2.35. The lowest BCUT2D eigenvalue weighted by atomic mass is 10.1. The maximum Gasteiger partial charge on any atom is 0.337 e. The Labute approximate surface area is 107 Å². The first kappa shape index (κ1) is 14.2. The number of amides is 1. The Balaban J connectivity index is 2.94. The van der Waals surface area contributed by atoms with Crippen LogP contribution in [0.2, 0.25) is 0 Å². The number of carbonyl (C=O) groups excluding carboxylic acids is 2. The van der Waals surface area contributed by atoms with Crippen molar-refractivity contribution in [1.82, 2.24) is 5.32 Å². The van der Waals surface area contributed by atoms with Gasteiger partial charge in [0.05, 0.1) is 18.7 Å². The van der Waals surface area contributed by atoms with E-state index in [1.807, 2.05) is 6.92 Å². The SMILES string of the molecule is CNC(C)C(=O)Nc1cc(C(=O)OC)ccc1C. The summed E-state index contributed by atoms with van der Waals surface area (Å²) in [5, 5.41) is 5.62. The highest BCUT2D eigenvalue weighted by Gasteiger charge is 2.13. The van der Waals surface area contributed by atoms with Crippen LogP contribution in [0.15, 0.2) is 18.2 Å². The number of hydrogen-bond donors (Lipinski definition) is 2. The molecule has 1 aromatic carbocycles. The zero-order chi connectivity index (χ0) is 13.7. The molecule has 0 heterocycles. The number of rotatable bonds is 4. The van der Waals surface area contributed by atoms with Crippen LogP contribution in [0.1, 0.15) is 22.8 Å². The quantitative estimate of drug-likeness (QED) is 0.791. The molecular weight excluding hydrogens is 232 g/mol. The normalized spacial score (nSPS) is 11.8. The molecule has 0 spiro atoms. The summed E-state index contributed by atoms with van der Waals surface area (Å²) < 4.78 is 4.64. The minimum atomic E-state index is -0.424. The largest absolute Gasteiger partial charge is 0.465 e. The molecule has 1 amide bonds. The minimum Gasteiger partial charge on any atom is -0.465 e. The lowest BCUT2D eigenvalue weighted by Gasteiger charge is -2.13. The van der Waals surface area contributed by atoms with Gasteiger partial charge in [-0.2, -0.15) is 0 Å². The number of hydrogen-bond acceptors (Lipinski definition) is 4. The van der Waals surface area contributed by atoms with Gasteiger partial charge in [-0.05, 0) is 38.6 Å². The van der Waals surface area contributed by atoms with Crippen molar-refractivity contribution < 1.29 is 14.3 Å². The highest BCUT2D eigenvalue weighted by atomic mass is 16.5. The summed E-state index contributed by atoms with van der Waals surface area (Å²) in [5.41, 5.74) is 1.92. The number of likely N-dealkylation sites (N-methyl/N-ethyl adjacent to an activating group) is 1. The smallest absolute Gasteiger partial charge is 0.337 e. The van der Waals surface area contributed by atoms with Crippen molar-refractivity contribution in [2.24, 2.45) is 0 Å². The molecule has 98 valence electrons. The molecule has 0 fully saturated rings. The maximum atomic E-state index is 11.8. The fraction of sp³-hybridized carbons (Fsp3) is 0.385. The Morgan fingerprint density at radius 3 is 2.56 bits per heavy atom. The average Bonchev–Trinajstić information content (AvgIpc) is 2.39. The zero-order valence-electron chi connectivity index (χ0n) is 11.0. The minimum absolute atomic E-state index is 0.150. The van der Waals surface area contributed by atoms with Gasteiger partial charge < -0.3 is 15.4 Å². The number of nitrogens with one attached hydrogen (secondary N) is 2. The molecule has 0 bridgehead atoms. The summed E-state index contributed by atoms with van der Waals surface area (Å²) in [7, 11) is 3.03. The van der Waals surface area contributed by atoms with E-state index in [9.17, 15) is 9.59 Å². The van der Waals surface area contributed by atoms with Crippen LogP contribution in [-0.4, -0.2) is 32.1 Å². The van der Waals surface area contributed by atoms with Crippen LogP contribution in [0.5, 0.6) is 0 Å². The topological polar surface area (TPSA) is 67.4 Å². The van der Waals surface area contributed by atoms with Crippen molar-refractivity contribution in [2.75, 3.05) is 19.5 Å². The third-order valence-corrected chi connectivity index (χ3v) is 2.74. The summed E-state index contributed by atoms with van der Waals surface area (Å²) in [6, 6.07) is 4.75. The van der Waals surface area contributed by atoms with E-state index in [4.69, 9.17) is 0 Å². The summed E-state index contributed by atoms with van der Waals surface area (Å²) >= 11 is 0. The summed E-state index contributed by atoms with van der Waals surface area (Å²) in [4.78, 5) is 23.2. The molecule has 1 rings (SSSR count). The fourth-order valence-corrected chi connectivity index (χ4v) is 1.37. The van der Waals surface area contributed by atoms with E-state index in [2.05, 4.69) is 15.4 Å². The van der Waals surface area contributed by atoms with Crippen LogP contribution in [0.25, 0.3) is 0 Å². The number of benzene rings is 1. The Hall–Kier alpha value is -1.88. The van der Waals surface area contributed by atoms with Crippen molar-refractivity contribution in [1.29, 1.82) is 0 Å². The van der Waals surface area contributed by atoms with Gasteiger partial charge in [0.15, 0.2) is 0 Å². The van der Waals surface area contributed by atoms with E-state index in [-0.39, 0.29) is 11.9 Å². The van der Waals surface area contributed by atoms with Gasteiger partial charge in [0.25, 0.3) is 0 Å². The van der Waals surface area contributed by atoms with Gasteiger partial charge in [0, 0.05) is 5.69 Å². The predicted molar refractivity (Wildman–Crippen MR) is 69.7 cm³/mol. The second-order valence-electron chi connectivity index (χ2n) is 4.02. The number of aryl methyl sites for hydroxylation is 1. The van der Waals surface area contributed by atoms with Crippen molar-refractivity contribution >= 4 is 17.6 Å². The first-order chi connectivity index (χ1) is 8.49. The maximum absolute atomic E-state index is 11.8. The molecule has 1 unspecified atom stereocenters. The van der Waals surface area contributed by atoms with E-state index in [0.29, 0.717) is 11.3 Å². The van der Waals surface area contributed by atoms with E-state index in [1.54, 1.807) is 32.2 Å². The van der Waals surface area contributed by atoms with Gasteiger partial charge in [0.2, 0.25) is 5.91 Å². The molecule has 0 aliphatic rings. The molecule has 2 N–H and O–H groups in total. The summed E-state index contributed by atoms with van der Waals surface area (Å²) in [6.07, 6.45) is 0. The second kappa shape index (κ2) is 6.16. The van der Waals surface area contributed by atoms with E-state index in [1.165, 1.54) is 7.11 Å². The molecule has 0 aliphatic carbocycles. The molecule has 5 nitrogen and oxygen atoms in total. The zero-order valence-corrected chi connectivity index (χ0v) is 11.0. The van der Waals surface area contributed by atoms with E-state index < -0.39 is 5.97 Å². The van der Waals surface area contributed by atoms with Gasteiger partial charge in [0.1, 0.15) is 0 Å². The Kier molecular flexibility index (Phi) is 4.85. The highest BCUT2D eigenvalue weighted by molar-refractivity contribution is 5.97. The molecule has 0 saturated heterocycles. The van der Waals surface area contributed by atoms with Crippen LogP contribution in [0.3, 0.4) is 0 Å². The predicted octanol–water partition coefficient (Wildman–Crippen LogP) is 1.33. The number of carbonyl (C=O) groups is 2. The average molecular weight is 250 g/mol. The summed E-state index contributed by atoms with van der Waals surface area (Å²) in [5.74, 6) is -0.574. The van der Waals surface area contributed by atoms with Crippen LogP contribution in [0, 0.1) is 6.92 Å². The van der Waals surface area contributed by atoms with Crippen molar-refractivity contribution in [3.8, 4) is 0 Å². The van der Waals surface area contributed by atoms with Gasteiger partial charge in [-0.1, -0.05) is 6.07 Å². The van der Waals surface area contributed by atoms with Crippen molar-refractivity contribution in [3.05, 3.63) is 29.3 Å². The fourth-order valence-electron chi connectivity index (χ4n) is 1.37. The number of ether oxygens (including phenoxy) is 1. The standard InChI is InChI=1S/C13H18N2O3/c1-8-5-6-10(13(17)18-4)7-11(8)15-12(16)9(2)14-3/h5-7,9,14H,1-4H3,(H,15,16). The van der Waals surface area contributed by atoms with Gasteiger partial charge in [-0.15, -0.1) is 0 Å². The van der Waals surface area contributed by atoms with Crippen LogP contribution < -0.4 is 10.6 Å². The highest BCUT2D eigenvalue weighted by Crippen LogP contribution is 2.17. The summed E-state index contributed by atoms with van der Waals surface area (Å²) in [6.45, 7) is 3.62. The van der Waals surface area contributed by atoms with Crippen molar-refractivity contribution in [3.63, 3.8) is 0 Å². The Bertz CT molecular complexity index is 458. The number of methoxy groups -OCH3 is 1. The molecule has 1 atom stereocenters. The van der Waals surface area contributed by atoms with Crippen LogP contribution in [0.4, 0.5) is 5.69 Å². The van der Waals surface area contributed by atoms with Gasteiger partial charge in [-0.25, -0.2) is 4.79 Å². The number of esters is 1. The number of anilines is 1. The molecule has 0 radical (unpaired) electrons. The second-order valence-corrected chi connectivity index (χ2v) is 4.02. The molecule has 5 heteroatoms. The molecular formula is C13H18N2O3. The van der Waals surface area contributed by atoms with Crippen LogP contribution >= 0.6 is 0 Å². The van der Waals surface area contributed by atoms with Crippen molar-refractivity contribution in [2.45, 2.75) is 19.9 Å². The van der Waals surface area contributed by atoms with Gasteiger partial charge >= 0.3 is 5.97 Å². The third-order valence-electron chi connectivity index (χ3n) is 2.74. The monoisotopic (exact) mass is 250 g/mol. The molecule has 18 heavy (non-hydrogen) atoms. The first-order valence-corrected chi connectivity index (χ1v) is 5.66.